The Morgan fingerprint density at radius 2 is 2.06 bits per heavy atom. The Hall–Kier alpha value is -1.61. The van der Waals surface area contributed by atoms with Crippen LogP contribution in [0.25, 0.3) is 11.3 Å². The van der Waals surface area contributed by atoms with Crippen molar-refractivity contribution >= 4 is 0 Å². The van der Waals surface area contributed by atoms with E-state index in [1.807, 2.05) is 18.6 Å². The predicted molar refractivity (Wildman–Crippen MR) is 73.1 cm³/mol. The lowest BCUT2D eigenvalue weighted by Gasteiger charge is -2.21. The molecule has 0 bridgehead atoms. The number of aromatic nitrogens is 2. The van der Waals surface area contributed by atoms with Crippen LogP contribution >= 0.6 is 0 Å². The molecule has 2 aromatic rings. The fourth-order valence-corrected chi connectivity index (χ4v) is 3.06. The van der Waals surface area contributed by atoms with Crippen LogP contribution in [0.3, 0.4) is 0 Å². The fourth-order valence-electron chi connectivity index (χ4n) is 3.06. The lowest BCUT2D eigenvalue weighted by Crippen LogP contribution is -2.21. The minimum Gasteiger partial charge on any atom is -0.330 e. The maximum absolute atomic E-state index is 5.89. The third-order valence-electron chi connectivity index (χ3n) is 4.01. The molecule has 2 unspecified atom stereocenters. The third kappa shape index (κ3) is 1.95. The number of imidazole rings is 1. The molecule has 2 atom stereocenters. The monoisotopic (exact) mass is 241 g/mol. The average Bonchev–Trinajstić information content (AvgIpc) is 3.07. The predicted octanol–water partition coefficient (Wildman–Crippen LogP) is 2.85. The molecule has 0 saturated heterocycles. The molecule has 1 aromatic carbocycles. The van der Waals surface area contributed by atoms with Crippen molar-refractivity contribution in [3.63, 3.8) is 0 Å². The molecule has 1 heterocycles. The maximum atomic E-state index is 5.89. The van der Waals surface area contributed by atoms with Gasteiger partial charge in [0.25, 0.3) is 0 Å². The molecule has 3 nitrogen and oxygen atoms in total. The Balaban J connectivity index is 1.97. The Morgan fingerprint density at radius 3 is 2.83 bits per heavy atom. The van der Waals surface area contributed by atoms with Crippen LogP contribution < -0.4 is 5.73 Å². The first-order valence-corrected chi connectivity index (χ1v) is 6.67. The van der Waals surface area contributed by atoms with Gasteiger partial charge in [0.05, 0.1) is 18.2 Å². The van der Waals surface area contributed by atoms with Gasteiger partial charge in [0, 0.05) is 6.04 Å². The fraction of sp³-hybridized carbons (Fsp3) is 0.400. The summed E-state index contributed by atoms with van der Waals surface area (Å²) < 4.78 is 2.32. The minimum atomic E-state index is 0.521. The largest absolute Gasteiger partial charge is 0.330 e. The van der Waals surface area contributed by atoms with Gasteiger partial charge in [-0.2, -0.15) is 0 Å². The molecule has 1 aliphatic rings. The molecule has 18 heavy (non-hydrogen) atoms. The van der Waals surface area contributed by atoms with E-state index in [2.05, 4.69) is 33.8 Å². The van der Waals surface area contributed by atoms with E-state index in [0.717, 1.165) is 6.54 Å². The van der Waals surface area contributed by atoms with E-state index in [0.29, 0.717) is 12.0 Å². The van der Waals surface area contributed by atoms with Gasteiger partial charge in [-0.05, 0) is 30.9 Å². The van der Waals surface area contributed by atoms with E-state index < -0.39 is 0 Å². The van der Waals surface area contributed by atoms with E-state index in [-0.39, 0.29) is 0 Å². The quantitative estimate of drug-likeness (QED) is 0.898. The van der Waals surface area contributed by atoms with E-state index in [1.165, 1.54) is 30.5 Å². The van der Waals surface area contributed by atoms with Crippen LogP contribution in [-0.4, -0.2) is 16.1 Å². The van der Waals surface area contributed by atoms with Crippen LogP contribution in [0.15, 0.2) is 42.9 Å². The first-order valence-electron chi connectivity index (χ1n) is 6.67. The van der Waals surface area contributed by atoms with Crippen LogP contribution in [0.2, 0.25) is 0 Å². The summed E-state index contributed by atoms with van der Waals surface area (Å²) >= 11 is 0. The van der Waals surface area contributed by atoms with Gasteiger partial charge >= 0.3 is 0 Å². The Labute approximate surface area is 108 Å². The van der Waals surface area contributed by atoms with E-state index in [9.17, 15) is 0 Å². The first-order chi connectivity index (χ1) is 8.90. The van der Waals surface area contributed by atoms with Gasteiger partial charge in [0.1, 0.15) is 0 Å². The highest BCUT2D eigenvalue weighted by Gasteiger charge is 2.28. The summed E-state index contributed by atoms with van der Waals surface area (Å²) in [6.07, 6.45) is 7.66. The number of nitrogens with zero attached hydrogens (tertiary/aromatic N) is 2. The standard InChI is InChI=1S/C15H19N3/c16-9-13-7-4-8-14(13)18-11-17-10-15(18)12-5-2-1-3-6-12/h1-3,5-6,10-11,13-14H,4,7-9,16H2. The summed E-state index contributed by atoms with van der Waals surface area (Å²) in [5.74, 6) is 0.599. The topological polar surface area (TPSA) is 43.8 Å². The molecule has 0 aliphatic heterocycles. The zero-order valence-electron chi connectivity index (χ0n) is 10.5. The van der Waals surface area contributed by atoms with Crippen molar-refractivity contribution in [2.24, 2.45) is 11.7 Å². The first kappa shape index (κ1) is 11.5. The smallest absolute Gasteiger partial charge is 0.0953 e. The van der Waals surface area contributed by atoms with Gasteiger partial charge in [-0.1, -0.05) is 36.8 Å². The summed E-state index contributed by atoms with van der Waals surface area (Å²) in [4.78, 5) is 4.33. The zero-order valence-corrected chi connectivity index (χ0v) is 10.5. The molecule has 2 N–H and O–H groups in total. The summed E-state index contributed by atoms with van der Waals surface area (Å²) in [6.45, 7) is 0.775. The van der Waals surface area contributed by atoms with Crippen molar-refractivity contribution < 1.29 is 0 Å². The Kier molecular flexibility index (Phi) is 3.15. The normalized spacial score (nSPS) is 23.4. The molecular weight excluding hydrogens is 222 g/mol. The molecule has 0 radical (unpaired) electrons. The molecule has 1 aromatic heterocycles. The SMILES string of the molecule is NCC1CCCC1n1cncc1-c1ccccc1. The second-order valence-corrected chi connectivity index (χ2v) is 5.05. The van der Waals surface area contributed by atoms with Crippen LogP contribution in [-0.2, 0) is 0 Å². The number of hydrogen-bond acceptors (Lipinski definition) is 2. The molecule has 0 spiro atoms. The van der Waals surface area contributed by atoms with E-state index in [1.54, 1.807) is 0 Å². The van der Waals surface area contributed by atoms with E-state index in [4.69, 9.17) is 5.73 Å². The summed E-state index contributed by atoms with van der Waals surface area (Å²) in [5, 5.41) is 0. The molecule has 3 heteroatoms. The van der Waals surface area contributed by atoms with Gasteiger partial charge in [-0.15, -0.1) is 0 Å². The molecule has 1 aliphatic carbocycles. The number of rotatable bonds is 3. The second kappa shape index (κ2) is 4.94. The second-order valence-electron chi connectivity index (χ2n) is 5.05. The van der Waals surface area contributed by atoms with Gasteiger partial charge in [-0.3, -0.25) is 0 Å². The van der Waals surface area contributed by atoms with Gasteiger partial charge in [0.2, 0.25) is 0 Å². The molecule has 3 rings (SSSR count). The van der Waals surface area contributed by atoms with Crippen molar-refractivity contribution in [3.05, 3.63) is 42.9 Å². The van der Waals surface area contributed by atoms with Crippen molar-refractivity contribution in [1.82, 2.24) is 9.55 Å². The van der Waals surface area contributed by atoms with Gasteiger partial charge in [-0.25, -0.2) is 4.98 Å². The average molecular weight is 241 g/mol. The Morgan fingerprint density at radius 1 is 1.22 bits per heavy atom. The molecular formula is C15H19N3. The highest BCUT2D eigenvalue weighted by molar-refractivity contribution is 5.58. The van der Waals surface area contributed by atoms with Crippen molar-refractivity contribution in [3.8, 4) is 11.3 Å². The highest BCUT2D eigenvalue weighted by atomic mass is 15.1. The molecule has 1 fully saturated rings. The molecule has 94 valence electrons. The maximum Gasteiger partial charge on any atom is 0.0953 e. The van der Waals surface area contributed by atoms with Crippen molar-refractivity contribution in [2.75, 3.05) is 6.54 Å². The van der Waals surface area contributed by atoms with Crippen molar-refractivity contribution in [2.45, 2.75) is 25.3 Å². The van der Waals surface area contributed by atoms with Crippen LogP contribution in [0.4, 0.5) is 0 Å². The van der Waals surface area contributed by atoms with Crippen LogP contribution in [0, 0.1) is 5.92 Å². The minimum absolute atomic E-state index is 0.521. The van der Waals surface area contributed by atoms with Gasteiger partial charge < -0.3 is 10.3 Å². The molecule has 0 amide bonds. The van der Waals surface area contributed by atoms with Crippen LogP contribution in [0.5, 0.6) is 0 Å². The number of benzene rings is 1. The van der Waals surface area contributed by atoms with Crippen LogP contribution in [0.1, 0.15) is 25.3 Å². The zero-order chi connectivity index (χ0) is 12.4. The van der Waals surface area contributed by atoms with Crippen molar-refractivity contribution in [1.29, 1.82) is 0 Å². The summed E-state index contributed by atoms with van der Waals surface area (Å²) in [6, 6.07) is 11.0. The lowest BCUT2D eigenvalue weighted by molar-refractivity contribution is 0.390. The third-order valence-corrected chi connectivity index (χ3v) is 4.01. The number of hydrogen-bond donors (Lipinski definition) is 1. The lowest BCUT2D eigenvalue weighted by atomic mass is 10.0. The summed E-state index contributed by atoms with van der Waals surface area (Å²) in [5.41, 5.74) is 8.33. The number of nitrogens with two attached hydrogens (primary N) is 1. The highest BCUT2D eigenvalue weighted by Crippen LogP contribution is 2.37. The van der Waals surface area contributed by atoms with Gasteiger partial charge in [0.15, 0.2) is 0 Å². The molecule has 1 saturated carbocycles. The van der Waals surface area contributed by atoms with E-state index >= 15 is 0 Å². The Bertz CT molecular complexity index is 503. The summed E-state index contributed by atoms with van der Waals surface area (Å²) in [7, 11) is 0.